The highest BCUT2D eigenvalue weighted by Gasteiger charge is 2.52. The molecule has 0 radical (unpaired) electrons. The van der Waals surface area contributed by atoms with E-state index < -0.39 is 0 Å². The second-order valence-electron chi connectivity index (χ2n) is 19.6. The maximum Gasteiger partial charge on any atom is 0.497 e. The molecule has 1 aliphatic rings. The fraction of sp³-hybridized carbons (Fsp3) is 0.346. The number of anilines is 2. The van der Waals surface area contributed by atoms with Crippen molar-refractivity contribution in [3.63, 3.8) is 0 Å². The number of halogens is 1. The van der Waals surface area contributed by atoms with E-state index in [-0.39, 0.29) is 30.4 Å². The van der Waals surface area contributed by atoms with Crippen molar-refractivity contribution in [2.45, 2.75) is 106 Å². The van der Waals surface area contributed by atoms with E-state index in [0.717, 1.165) is 88.3 Å². The lowest BCUT2D eigenvalue weighted by molar-refractivity contribution is 0.00578. The number of H-pyrrole nitrogens is 2. The number of rotatable bonds is 10. The molecule has 0 atom stereocenters. The quantitative estimate of drug-likeness (QED) is 0.0763. The number of aryl methyl sites for hydroxylation is 4. The predicted octanol–water partition coefficient (Wildman–Crippen LogP) is 10.7. The van der Waals surface area contributed by atoms with Gasteiger partial charge in [0, 0.05) is 97.1 Å². The summed E-state index contributed by atoms with van der Waals surface area (Å²) < 4.78 is 20.7. The monoisotopic (exact) mass is 1000 g/mol. The number of nitrogens with zero attached hydrogens (tertiary/aromatic N) is 10. The zero-order chi connectivity index (χ0) is 49.6. The molecule has 4 N–H and O–H groups in total. The van der Waals surface area contributed by atoms with Gasteiger partial charge in [-0.1, -0.05) is 36.4 Å². The van der Waals surface area contributed by atoms with Gasteiger partial charge in [-0.15, -0.1) is 0 Å². The van der Waals surface area contributed by atoms with Gasteiger partial charge in [0.25, 0.3) is 0 Å². The van der Waals surface area contributed by atoms with Gasteiger partial charge in [0.2, 0.25) is 0 Å². The van der Waals surface area contributed by atoms with E-state index in [2.05, 4.69) is 165 Å². The first-order valence-corrected chi connectivity index (χ1v) is 24.5. The second kappa shape index (κ2) is 19.2. The SMILES string of the molecule is CC1(C)OB(c2cccc3cc[nH]c23)OC1(C)C.Cc1nn(C(C)C)c2c(NCc3cnn(C)c3)cc(-c3cccc4cc[nH]c34)nc12.Cc1nn(C(C)C)c2c(NCc3cnn(C)c3)cc(Br)nc12. The molecule has 2 aromatic carbocycles. The Bertz CT molecular complexity index is 3450. The Balaban J connectivity index is 0.000000135. The van der Waals surface area contributed by atoms with Crippen LogP contribution in [0.4, 0.5) is 11.4 Å². The second-order valence-corrected chi connectivity index (χ2v) is 20.4. The van der Waals surface area contributed by atoms with Crippen molar-refractivity contribution in [2.24, 2.45) is 14.1 Å². The number of fused-ring (bicyclic) bond motifs is 4. The lowest BCUT2D eigenvalue weighted by atomic mass is 9.78. The predicted molar refractivity (Wildman–Crippen MR) is 285 cm³/mol. The number of aromatic amines is 2. The van der Waals surface area contributed by atoms with Gasteiger partial charge >= 0.3 is 7.12 Å². The molecule has 0 aliphatic carbocycles. The summed E-state index contributed by atoms with van der Waals surface area (Å²) in [6.45, 7) is 22.2. The first-order valence-electron chi connectivity index (χ1n) is 23.7. The fourth-order valence-electron chi connectivity index (χ4n) is 8.78. The number of aromatic nitrogens is 12. The molecular weight excluding hydrogens is 943 g/mol. The van der Waals surface area contributed by atoms with Crippen LogP contribution in [0, 0.1) is 13.8 Å². The van der Waals surface area contributed by atoms with Crippen LogP contribution in [-0.4, -0.2) is 77.4 Å². The number of hydrogen-bond acceptors (Lipinski definition) is 10. The van der Waals surface area contributed by atoms with Crippen LogP contribution in [0.15, 0.2) is 102 Å². The normalized spacial score (nSPS) is 14.2. The Morgan fingerprint density at radius 2 is 1.17 bits per heavy atom. The lowest BCUT2D eigenvalue weighted by Gasteiger charge is -2.32. The van der Waals surface area contributed by atoms with Crippen LogP contribution in [0.25, 0.3) is 55.1 Å². The minimum atomic E-state index is -0.308. The molecule has 10 aromatic rings. The smallest absolute Gasteiger partial charge is 0.399 e. The molecule has 9 heterocycles. The van der Waals surface area contributed by atoms with Gasteiger partial charge in [-0.2, -0.15) is 20.4 Å². The molecule has 0 spiro atoms. The summed E-state index contributed by atoms with van der Waals surface area (Å²) in [7, 11) is 3.54. The van der Waals surface area contributed by atoms with Crippen LogP contribution in [-0.2, 0) is 36.5 Å². The zero-order valence-electron chi connectivity index (χ0n) is 42.1. The first-order chi connectivity index (χ1) is 33.4. The van der Waals surface area contributed by atoms with Gasteiger partial charge in [-0.05, 0) is 115 Å². The van der Waals surface area contributed by atoms with Crippen molar-refractivity contribution in [3.8, 4) is 11.3 Å². The maximum absolute atomic E-state index is 6.09. The summed E-state index contributed by atoms with van der Waals surface area (Å²) in [5.41, 5.74) is 14.8. The van der Waals surface area contributed by atoms with Crippen molar-refractivity contribution >= 4 is 83.8 Å². The average molecular weight is 1010 g/mol. The standard InChI is InChI=1S/C23H25N7.C15H19BrN6.C14H18BNO2/c1-14(2)30-23-20(25-11-16-12-26-29(4)13-16)10-19(27-21(23)15(3)28-30)18-7-5-6-17-8-9-24-22(17)18;1-9(2)22-15-12(17-6-11-7-18-21(4)8-11)5-13(16)19-14(15)10(3)20-22;1-13(2)14(3,4)18-15(17-13)11-7-5-6-10-8-9-16-12(10)11/h5-10,12-14,24H,11H2,1-4H3,(H,25,27);5,7-9H,6H2,1-4H3,(H,17,19);5-9,16H,1-4H3. The number of para-hydroxylation sites is 2. The van der Waals surface area contributed by atoms with Crippen molar-refractivity contribution in [1.29, 1.82) is 0 Å². The summed E-state index contributed by atoms with van der Waals surface area (Å²) in [6, 6.07) is 21.3. The third-order valence-corrected chi connectivity index (χ3v) is 13.5. The number of hydrogen-bond donors (Lipinski definition) is 4. The fourth-order valence-corrected chi connectivity index (χ4v) is 9.19. The summed E-state index contributed by atoms with van der Waals surface area (Å²) >= 11 is 3.49. The molecule has 362 valence electrons. The highest BCUT2D eigenvalue weighted by molar-refractivity contribution is 9.10. The summed E-state index contributed by atoms with van der Waals surface area (Å²) in [5.74, 6) is 0. The van der Waals surface area contributed by atoms with E-state index in [1.165, 1.54) is 10.8 Å². The summed E-state index contributed by atoms with van der Waals surface area (Å²) in [4.78, 5) is 16.2. The van der Waals surface area contributed by atoms with Crippen LogP contribution in [0.2, 0.25) is 0 Å². The van der Waals surface area contributed by atoms with Gasteiger partial charge in [-0.3, -0.25) is 18.7 Å². The molecule has 11 rings (SSSR count). The summed E-state index contributed by atoms with van der Waals surface area (Å²) in [6.07, 6.45) is 11.7. The Morgan fingerprint density at radius 3 is 1.70 bits per heavy atom. The minimum Gasteiger partial charge on any atom is -0.399 e. The van der Waals surface area contributed by atoms with E-state index in [0.29, 0.717) is 13.1 Å². The number of benzene rings is 2. The van der Waals surface area contributed by atoms with Crippen LogP contribution in [0.5, 0.6) is 0 Å². The lowest BCUT2D eigenvalue weighted by Crippen LogP contribution is -2.41. The molecule has 1 saturated heterocycles. The third-order valence-electron chi connectivity index (χ3n) is 13.1. The van der Waals surface area contributed by atoms with E-state index in [9.17, 15) is 0 Å². The van der Waals surface area contributed by atoms with Crippen LogP contribution >= 0.6 is 15.9 Å². The zero-order valence-corrected chi connectivity index (χ0v) is 43.6. The van der Waals surface area contributed by atoms with E-state index >= 15 is 0 Å². The Morgan fingerprint density at radius 1 is 0.671 bits per heavy atom. The topological polar surface area (TPSA) is 171 Å². The largest absolute Gasteiger partial charge is 0.497 e. The molecule has 18 heteroatoms. The van der Waals surface area contributed by atoms with E-state index in [1.807, 2.05) is 86.6 Å². The van der Waals surface area contributed by atoms with Gasteiger partial charge in [0.05, 0.1) is 57.6 Å². The molecular formula is C52H62BBrN14O2. The van der Waals surface area contributed by atoms with Gasteiger partial charge in [0.15, 0.2) is 0 Å². The molecule has 0 unspecified atom stereocenters. The summed E-state index contributed by atoms with van der Waals surface area (Å²) in [5, 5.41) is 27.3. The minimum absolute atomic E-state index is 0.236. The number of nitrogens with one attached hydrogen (secondary N) is 4. The van der Waals surface area contributed by atoms with Crippen LogP contribution < -0.4 is 16.1 Å². The van der Waals surface area contributed by atoms with Crippen molar-refractivity contribution in [2.75, 3.05) is 10.6 Å². The highest BCUT2D eigenvalue weighted by atomic mass is 79.9. The Kier molecular flexibility index (Phi) is 13.2. The molecule has 16 nitrogen and oxygen atoms in total. The Hall–Kier alpha value is -6.76. The van der Waals surface area contributed by atoms with E-state index in [4.69, 9.17) is 19.4 Å². The molecule has 0 bridgehead atoms. The van der Waals surface area contributed by atoms with Crippen molar-refractivity contribution in [3.05, 3.63) is 125 Å². The molecule has 1 fully saturated rings. The van der Waals surface area contributed by atoms with Gasteiger partial charge in [0.1, 0.15) is 26.7 Å². The average Bonchev–Trinajstić information content (AvgIpc) is 4.20. The van der Waals surface area contributed by atoms with Gasteiger partial charge in [-0.25, -0.2) is 9.97 Å². The van der Waals surface area contributed by atoms with Crippen molar-refractivity contribution < 1.29 is 9.31 Å². The molecule has 0 amide bonds. The Labute approximate surface area is 416 Å². The van der Waals surface area contributed by atoms with Crippen LogP contribution in [0.1, 0.15) is 90.0 Å². The maximum atomic E-state index is 6.09. The molecule has 70 heavy (non-hydrogen) atoms. The molecule has 1 aliphatic heterocycles. The van der Waals surface area contributed by atoms with Crippen LogP contribution in [0.3, 0.4) is 0 Å². The third kappa shape index (κ3) is 9.59. The molecule has 8 aromatic heterocycles. The number of pyridine rings is 2. The van der Waals surface area contributed by atoms with E-state index in [1.54, 1.807) is 4.68 Å². The van der Waals surface area contributed by atoms with Gasteiger partial charge < -0.3 is 29.9 Å². The molecule has 0 saturated carbocycles. The van der Waals surface area contributed by atoms with Crippen molar-refractivity contribution in [1.82, 2.24) is 59.1 Å². The first kappa shape index (κ1) is 48.3. The highest BCUT2D eigenvalue weighted by Crippen LogP contribution is 2.38.